The Kier molecular flexibility index (Phi) is 3.88. The number of pyridine rings is 1. The van der Waals surface area contributed by atoms with Crippen molar-refractivity contribution in [2.45, 2.75) is 31.6 Å². The van der Waals surface area contributed by atoms with Crippen molar-refractivity contribution in [3.63, 3.8) is 0 Å². The molecule has 0 radical (unpaired) electrons. The summed E-state index contributed by atoms with van der Waals surface area (Å²) in [4.78, 5) is 6.60. The summed E-state index contributed by atoms with van der Waals surface area (Å²) in [6.07, 6.45) is 1.98. The molecule has 23 heavy (non-hydrogen) atoms. The molecule has 1 saturated carbocycles. The summed E-state index contributed by atoms with van der Waals surface area (Å²) in [5, 5.41) is 23.8. The lowest BCUT2D eigenvalue weighted by Gasteiger charge is -2.32. The molecule has 122 valence electrons. The fraction of sp³-hybridized carbons (Fsp3) is 0.529. The van der Waals surface area contributed by atoms with Crippen molar-refractivity contribution < 1.29 is 14.7 Å². The Morgan fingerprint density at radius 1 is 1.09 bits per heavy atom. The van der Waals surface area contributed by atoms with E-state index in [0.717, 1.165) is 30.2 Å². The van der Waals surface area contributed by atoms with Gasteiger partial charge >= 0.3 is 0 Å². The van der Waals surface area contributed by atoms with E-state index >= 15 is 0 Å². The van der Waals surface area contributed by atoms with E-state index < -0.39 is 12.2 Å². The molecule has 0 unspecified atom stereocenters. The van der Waals surface area contributed by atoms with Crippen molar-refractivity contribution in [3.8, 4) is 11.4 Å². The van der Waals surface area contributed by atoms with Crippen molar-refractivity contribution >= 4 is 0 Å². The Labute approximate surface area is 134 Å². The van der Waals surface area contributed by atoms with Crippen molar-refractivity contribution in [1.29, 1.82) is 0 Å². The highest BCUT2D eigenvalue weighted by Crippen LogP contribution is 2.37. The van der Waals surface area contributed by atoms with E-state index in [2.05, 4.69) is 15.0 Å². The molecular formula is C17H21N3O3. The third-order valence-electron chi connectivity index (χ3n) is 5.05. The molecule has 2 N–H and O–H groups in total. The molecule has 6 nitrogen and oxygen atoms in total. The summed E-state index contributed by atoms with van der Waals surface area (Å²) >= 11 is 0. The molecule has 2 aromatic rings. The molecule has 1 aliphatic heterocycles. The predicted octanol–water partition coefficient (Wildman–Crippen LogP) is 1.30. The Hall–Kier alpha value is -1.76. The van der Waals surface area contributed by atoms with Crippen molar-refractivity contribution in [2.75, 3.05) is 13.1 Å². The van der Waals surface area contributed by atoms with Crippen molar-refractivity contribution in [2.24, 2.45) is 11.8 Å². The Balaban J connectivity index is 1.41. The summed E-state index contributed by atoms with van der Waals surface area (Å²) in [5.41, 5.74) is 1.56. The van der Waals surface area contributed by atoms with Gasteiger partial charge in [-0.25, -0.2) is 0 Å². The molecular weight excluding hydrogens is 294 g/mol. The SMILES string of the molecule is O[C@@H]1C[C@H]2CN(Cc3cc(-c4ccccn4)no3)C[C@H]2C[C@@H]1O. The molecule has 6 heteroatoms. The van der Waals surface area contributed by atoms with Gasteiger partial charge in [-0.15, -0.1) is 0 Å². The third-order valence-corrected chi connectivity index (χ3v) is 5.05. The molecule has 2 fully saturated rings. The van der Waals surface area contributed by atoms with E-state index in [1.807, 2.05) is 24.3 Å². The van der Waals surface area contributed by atoms with Crippen LogP contribution in [0, 0.1) is 11.8 Å². The molecule has 4 rings (SSSR count). The molecule has 2 aliphatic rings. The number of nitrogens with zero attached hydrogens (tertiary/aromatic N) is 3. The van der Waals surface area contributed by atoms with Crippen LogP contribution in [0.3, 0.4) is 0 Å². The van der Waals surface area contributed by atoms with E-state index in [1.54, 1.807) is 6.20 Å². The van der Waals surface area contributed by atoms with E-state index in [0.29, 0.717) is 31.2 Å². The van der Waals surface area contributed by atoms with Crippen LogP contribution < -0.4 is 0 Å². The van der Waals surface area contributed by atoms with Gasteiger partial charge in [0, 0.05) is 25.4 Å². The minimum atomic E-state index is -0.572. The van der Waals surface area contributed by atoms with Gasteiger partial charge in [0.25, 0.3) is 0 Å². The fourth-order valence-electron chi connectivity index (χ4n) is 3.88. The minimum absolute atomic E-state index is 0.464. The minimum Gasteiger partial charge on any atom is -0.390 e. The third kappa shape index (κ3) is 3.02. The maximum atomic E-state index is 9.83. The highest BCUT2D eigenvalue weighted by atomic mass is 16.5. The quantitative estimate of drug-likeness (QED) is 0.888. The highest BCUT2D eigenvalue weighted by molar-refractivity contribution is 5.52. The first-order chi connectivity index (χ1) is 11.2. The van der Waals surface area contributed by atoms with Gasteiger partial charge in [-0.05, 0) is 36.8 Å². The first-order valence-electron chi connectivity index (χ1n) is 8.14. The second-order valence-electron chi connectivity index (χ2n) is 6.71. The lowest BCUT2D eigenvalue weighted by molar-refractivity contribution is -0.0372. The van der Waals surface area contributed by atoms with Crippen LogP contribution in [0.15, 0.2) is 35.0 Å². The van der Waals surface area contributed by atoms with Crippen molar-refractivity contribution in [3.05, 3.63) is 36.2 Å². The average molecular weight is 315 g/mol. The smallest absolute Gasteiger partial charge is 0.151 e. The molecule has 1 aliphatic carbocycles. The molecule has 4 atom stereocenters. The largest absolute Gasteiger partial charge is 0.390 e. The summed E-state index contributed by atoms with van der Waals surface area (Å²) in [6, 6.07) is 7.65. The first kappa shape index (κ1) is 14.8. The van der Waals surface area contributed by atoms with Crippen LogP contribution in [0.25, 0.3) is 11.4 Å². The van der Waals surface area contributed by atoms with Crippen LogP contribution in [0.5, 0.6) is 0 Å². The maximum absolute atomic E-state index is 9.83. The van der Waals surface area contributed by atoms with Gasteiger partial charge in [0.15, 0.2) is 5.76 Å². The van der Waals surface area contributed by atoms with E-state index in [9.17, 15) is 10.2 Å². The van der Waals surface area contributed by atoms with E-state index in [-0.39, 0.29) is 0 Å². The van der Waals surface area contributed by atoms with Crippen LogP contribution in [-0.4, -0.2) is 50.6 Å². The second-order valence-corrected chi connectivity index (χ2v) is 6.71. The van der Waals surface area contributed by atoms with E-state index in [1.165, 1.54) is 0 Å². The van der Waals surface area contributed by atoms with Gasteiger partial charge in [-0.1, -0.05) is 11.2 Å². The van der Waals surface area contributed by atoms with Crippen LogP contribution in [0.4, 0.5) is 0 Å². The van der Waals surface area contributed by atoms with Gasteiger partial charge in [0.2, 0.25) is 0 Å². The summed E-state index contributed by atoms with van der Waals surface area (Å²) in [6.45, 7) is 2.58. The number of aliphatic hydroxyl groups is 2. The fourth-order valence-corrected chi connectivity index (χ4v) is 3.88. The van der Waals surface area contributed by atoms with Gasteiger partial charge in [0.1, 0.15) is 5.69 Å². The molecule has 0 spiro atoms. The summed E-state index contributed by atoms with van der Waals surface area (Å²) < 4.78 is 5.45. The first-order valence-corrected chi connectivity index (χ1v) is 8.14. The number of rotatable bonds is 3. The van der Waals surface area contributed by atoms with Gasteiger partial charge in [0.05, 0.1) is 24.4 Å². The summed E-state index contributed by atoms with van der Waals surface area (Å²) in [7, 11) is 0. The number of aliphatic hydroxyl groups excluding tert-OH is 2. The second kappa shape index (κ2) is 6.03. The molecule has 2 aromatic heterocycles. The predicted molar refractivity (Wildman–Crippen MR) is 83.2 cm³/mol. The Bertz CT molecular complexity index is 642. The van der Waals surface area contributed by atoms with Crippen LogP contribution in [0.1, 0.15) is 18.6 Å². The number of fused-ring (bicyclic) bond motifs is 1. The maximum Gasteiger partial charge on any atom is 0.151 e. The molecule has 1 saturated heterocycles. The van der Waals surface area contributed by atoms with Crippen LogP contribution >= 0.6 is 0 Å². The lowest BCUT2D eigenvalue weighted by Crippen LogP contribution is -2.38. The highest BCUT2D eigenvalue weighted by Gasteiger charge is 2.41. The zero-order valence-corrected chi connectivity index (χ0v) is 12.9. The van der Waals surface area contributed by atoms with Crippen molar-refractivity contribution in [1.82, 2.24) is 15.0 Å². The van der Waals surface area contributed by atoms with E-state index in [4.69, 9.17) is 4.52 Å². The molecule has 0 amide bonds. The molecule has 0 aromatic carbocycles. The molecule has 0 bridgehead atoms. The van der Waals surface area contributed by atoms with Gasteiger partial charge in [-0.2, -0.15) is 0 Å². The lowest BCUT2D eigenvalue weighted by atomic mass is 9.79. The molecule has 3 heterocycles. The Morgan fingerprint density at radius 2 is 1.83 bits per heavy atom. The number of aromatic nitrogens is 2. The zero-order valence-electron chi connectivity index (χ0n) is 12.9. The average Bonchev–Trinajstić information content (AvgIpc) is 3.16. The normalized spacial score (nSPS) is 31.2. The number of hydrogen-bond donors (Lipinski definition) is 2. The zero-order chi connectivity index (χ0) is 15.8. The number of hydrogen-bond acceptors (Lipinski definition) is 6. The van der Waals surface area contributed by atoms with Gasteiger partial charge < -0.3 is 14.7 Å². The van der Waals surface area contributed by atoms with Crippen LogP contribution in [-0.2, 0) is 6.54 Å². The topological polar surface area (TPSA) is 82.6 Å². The standard InChI is InChI=1S/C17H21N3O3/c21-16-5-11-8-20(9-12(11)6-17(16)22)10-13-7-15(19-23-13)14-3-1-2-4-18-14/h1-4,7,11-12,16-17,21-22H,5-6,8-10H2/t11-,12+,16+,17-. The Morgan fingerprint density at radius 3 is 2.48 bits per heavy atom. The van der Waals surface area contributed by atoms with Gasteiger partial charge in [-0.3, -0.25) is 9.88 Å². The monoisotopic (exact) mass is 315 g/mol. The van der Waals surface area contributed by atoms with Crippen LogP contribution in [0.2, 0.25) is 0 Å². The number of likely N-dealkylation sites (tertiary alicyclic amines) is 1. The summed E-state index contributed by atoms with van der Waals surface area (Å²) in [5.74, 6) is 1.75.